The smallest absolute Gasteiger partial charge is 0.151 e. The molecule has 0 aromatic heterocycles. The van der Waals surface area contributed by atoms with E-state index in [1.165, 1.54) is 0 Å². The SMILES string of the molecule is CC(Oc1ccccc1)C(O)(c1ccc(N(C)C)cc1)c1ccc(N(C)C)cc1. The summed E-state index contributed by atoms with van der Waals surface area (Å²) in [7, 11) is 8.01. The minimum Gasteiger partial charge on any atom is -0.487 e. The van der Waals surface area contributed by atoms with E-state index in [4.69, 9.17) is 4.74 Å². The molecule has 0 aliphatic carbocycles. The van der Waals surface area contributed by atoms with Gasteiger partial charge >= 0.3 is 0 Å². The van der Waals surface area contributed by atoms with Gasteiger partial charge in [0.25, 0.3) is 0 Å². The van der Waals surface area contributed by atoms with E-state index >= 15 is 0 Å². The molecule has 0 fully saturated rings. The van der Waals surface area contributed by atoms with Gasteiger partial charge in [0.15, 0.2) is 5.60 Å². The van der Waals surface area contributed by atoms with Crippen LogP contribution < -0.4 is 14.5 Å². The van der Waals surface area contributed by atoms with Gasteiger partial charge in [-0.1, -0.05) is 42.5 Å². The highest BCUT2D eigenvalue weighted by molar-refractivity contribution is 5.52. The van der Waals surface area contributed by atoms with Crippen LogP contribution in [-0.4, -0.2) is 39.4 Å². The molecule has 1 atom stereocenters. The second-order valence-electron chi connectivity index (χ2n) is 7.72. The zero-order valence-corrected chi connectivity index (χ0v) is 17.8. The fourth-order valence-corrected chi connectivity index (χ4v) is 3.45. The first-order valence-electron chi connectivity index (χ1n) is 9.82. The number of hydrogen-bond donors (Lipinski definition) is 1. The first-order valence-corrected chi connectivity index (χ1v) is 9.82. The molecule has 0 saturated heterocycles. The Morgan fingerprint density at radius 1 is 0.690 bits per heavy atom. The number of para-hydroxylation sites is 1. The van der Waals surface area contributed by atoms with E-state index in [2.05, 4.69) is 0 Å². The molecule has 3 aromatic carbocycles. The molecular formula is C25H30N2O2. The van der Waals surface area contributed by atoms with Gasteiger partial charge in [-0.2, -0.15) is 0 Å². The van der Waals surface area contributed by atoms with Gasteiger partial charge in [0.1, 0.15) is 11.9 Å². The second-order valence-corrected chi connectivity index (χ2v) is 7.72. The van der Waals surface area contributed by atoms with E-state index in [9.17, 15) is 5.11 Å². The summed E-state index contributed by atoms with van der Waals surface area (Å²) in [6.07, 6.45) is -0.500. The van der Waals surface area contributed by atoms with Crippen molar-refractivity contribution in [2.75, 3.05) is 38.0 Å². The van der Waals surface area contributed by atoms with Crippen LogP contribution in [0.5, 0.6) is 5.75 Å². The van der Waals surface area contributed by atoms with Crippen LogP contribution in [0.25, 0.3) is 0 Å². The van der Waals surface area contributed by atoms with Gasteiger partial charge in [-0.15, -0.1) is 0 Å². The standard InChI is InChI=1S/C25H30N2O2/c1-19(29-24-9-7-6-8-10-24)25(28,20-11-15-22(16-12-20)26(2)3)21-13-17-23(18-14-21)27(4)5/h6-19,28H,1-5H3. The number of hydrogen-bond acceptors (Lipinski definition) is 4. The lowest BCUT2D eigenvalue weighted by Crippen LogP contribution is -2.42. The van der Waals surface area contributed by atoms with E-state index in [0.717, 1.165) is 28.3 Å². The Labute approximate surface area is 174 Å². The van der Waals surface area contributed by atoms with Crippen molar-refractivity contribution in [2.45, 2.75) is 18.6 Å². The summed E-state index contributed by atoms with van der Waals surface area (Å²) in [6, 6.07) is 25.6. The Bertz CT molecular complexity index is 852. The molecule has 0 aliphatic heterocycles. The van der Waals surface area contributed by atoms with Gasteiger partial charge in [0.2, 0.25) is 0 Å². The van der Waals surface area contributed by atoms with Gasteiger partial charge in [0.05, 0.1) is 0 Å². The predicted molar refractivity (Wildman–Crippen MR) is 121 cm³/mol. The van der Waals surface area contributed by atoms with Crippen LogP contribution >= 0.6 is 0 Å². The predicted octanol–water partition coefficient (Wildman–Crippen LogP) is 4.52. The molecule has 0 spiro atoms. The van der Waals surface area contributed by atoms with E-state index < -0.39 is 11.7 Å². The molecule has 0 saturated carbocycles. The van der Waals surface area contributed by atoms with E-state index in [1.807, 2.05) is 124 Å². The van der Waals surface area contributed by atoms with Gasteiger partial charge in [0, 0.05) is 39.6 Å². The molecule has 0 amide bonds. The minimum atomic E-state index is -1.30. The Morgan fingerprint density at radius 2 is 1.10 bits per heavy atom. The lowest BCUT2D eigenvalue weighted by Gasteiger charge is -2.36. The first-order chi connectivity index (χ1) is 13.8. The number of rotatable bonds is 7. The van der Waals surface area contributed by atoms with E-state index in [-0.39, 0.29) is 0 Å². The number of ether oxygens (including phenoxy) is 1. The summed E-state index contributed by atoms with van der Waals surface area (Å²) < 4.78 is 6.17. The average molecular weight is 391 g/mol. The van der Waals surface area contributed by atoms with Gasteiger partial charge in [-0.3, -0.25) is 0 Å². The summed E-state index contributed by atoms with van der Waals surface area (Å²) in [5.74, 6) is 0.730. The number of anilines is 2. The molecule has 4 heteroatoms. The van der Waals surface area contributed by atoms with Crippen molar-refractivity contribution in [3.8, 4) is 5.75 Å². The number of benzene rings is 3. The molecule has 3 rings (SSSR count). The zero-order chi connectivity index (χ0) is 21.0. The highest BCUT2D eigenvalue weighted by Crippen LogP contribution is 2.36. The van der Waals surface area contributed by atoms with Gasteiger partial charge in [-0.05, 0) is 54.4 Å². The summed E-state index contributed by atoms with van der Waals surface area (Å²) in [5, 5.41) is 12.0. The van der Waals surface area contributed by atoms with Crippen molar-refractivity contribution in [2.24, 2.45) is 0 Å². The van der Waals surface area contributed by atoms with Crippen LogP contribution in [0.2, 0.25) is 0 Å². The van der Waals surface area contributed by atoms with E-state index in [0.29, 0.717) is 0 Å². The molecule has 1 unspecified atom stereocenters. The van der Waals surface area contributed by atoms with E-state index in [1.54, 1.807) is 0 Å². The lowest BCUT2D eigenvalue weighted by molar-refractivity contribution is -0.0258. The quantitative estimate of drug-likeness (QED) is 0.643. The zero-order valence-electron chi connectivity index (χ0n) is 17.8. The molecule has 29 heavy (non-hydrogen) atoms. The largest absolute Gasteiger partial charge is 0.487 e. The van der Waals surface area contributed by atoms with Gasteiger partial charge in [-0.25, -0.2) is 0 Å². The molecule has 0 heterocycles. The van der Waals surface area contributed by atoms with Crippen molar-refractivity contribution < 1.29 is 9.84 Å². The maximum Gasteiger partial charge on any atom is 0.151 e. The summed E-state index contributed by atoms with van der Waals surface area (Å²) in [4.78, 5) is 4.08. The first kappa shape index (κ1) is 20.7. The third-order valence-electron chi connectivity index (χ3n) is 5.29. The molecule has 152 valence electrons. The summed E-state index contributed by atoms with van der Waals surface area (Å²) >= 11 is 0. The highest BCUT2D eigenvalue weighted by Gasteiger charge is 2.39. The van der Waals surface area contributed by atoms with Crippen LogP contribution in [0.3, 0.4) is 0 Å². The summed E-state index contributed by atoms with van der Waals surface area (Å²) in [5.41, 5.74) is 2.45. The molecule has 0 radical (unpaired) electrons. The third-order valence-corrected chi connectivity index (χ3v) is 5.29. The summed E-state index contributed by atoms with van der Waals surface area (Å²) in [6.45, 7) is 1.91. The second kappa shape index (κ2) is 8.58. The van der Waals surface area contributed by atoms with Crippen molar-refractivity contribution in [1.29, 1.82) is 0 Å². The van der Waals surface area contributed by atoms with Crippen LogP contribution in [-0.2, 0) is 5.60 Å². The Hall–Kier alpha value is -2.98. The van der Waals surface area contributed by atoms with Crippen LogP contribution in [0.4, 0.5) is 11.4 Å². The average Bonchev–Trinajstić information content (AvgIpc) is 2.74. The van der Waals surface area contributed by atoms with Crippen molar-refractivity contribution in [3.63, 3.8) is 0 Å². The molecular weight excluding hydrogens is 360 g/mol. The normalized spacial score (nSPS) is 12.3. The molecule has 1 N–H and O–H groups in total. The Kier molecular flexibility index (Phi) is 6.14. The Morgan fingerprint density at radius 3 is 1.48 bits per heavy atom. The van der Waals surface area contributed by atoms with Crippen LogP contribution in [0.15, 0.2) is 78.9 Å². The molecule has 3 aromatic rings. The van der Waals surface area contributed by atoms with Crippen LogP contribution in [0.1, 0.15) is 18.1 Å². The van der Waals surface area contributed by atoms with Crippen LogP contribution in [0, 0.1) is 0 Å². The number of nitrogens with zero attached hydrogens (tertiary/aromatic N) is 2. The van der Waals surface area contributed by atoms with Crippen molar-refractivity contribution in [3.05, 3.63) is 90.0 Å². The van der Waals surface area contributed by atoms with Gasteiger partial charge < -0.3 is 19.6 Å². The third kappa shape index (κ3) is 4.38. The molecule has 0 bridgehead atoms. The molecule has 4 nitrogen and oxygen atoms in total. The molecule has 0 aliphatic rings. The van der Waals surface area contributed by atoms with Crippen molar-refractivity contribution >= 4 is 11.4 Å². The lowest BCUT2D eigenvalue weighted by atomic mass is 9.82. The minimum absolute atomic E-state index is 0.500. The Balaban J connectivity index is 2.04. The maximum absolute atomic E-state index is 12.0. The van der Waals surface area contributed by atoms with Crippen molar-refractivity contribution in [1.82, 2.24) is 0 Å². The maximum atomic E-state index is 12.0. The monoisotopic (exact) mass is 390 g/mol. The number of aliphatic hydroxyl groups is 1. The fourth-order valence-electron chi connectivity index (χ4n) is 3.45. The fraction of sp³-hybridized carbons (Fsp3) is 0.280. The topological polar surface area (TPSA) is 35.9 Å². The highest BCUT2D eigenvalue weighted by atomic mass is 16.5.